The average Bonchev–Trinajstić information content (AvgIpc) is 3.49. The zero-order valence-electron chi connectivity index (χ0n) is 19.7. The average molecular weight is 503 g/mol. The maximum Gasteiger partial charge on any atom is 0.254 e. The Morgan fingerprint density at radius 1 is 1.03 bits per heavy atom. The molecule has 5 aliphatic rings. The summed E-state index contributed by atoms with van der Waals surface area (Å²) in [5, 5.41) is 13.6. The Morgan fingerprint density at radius 2 is 1.76 bits per heavy atom. The van der Waals surface area contributed by atoms with Gasteiger partial charge in [-0.1, -0.05) is 0 Å². The fourth-order valence-electron chi connectivity index (χ4n) is 5.50. The number of ether oxygens (including phenoxy) is 3. The number of benzene rings is 1. The lowest BCUT2D eigenvalue weighted by Crippen LogP contribution is -2.38. The number of carbonyl (C=O) groups is 1. The number of rotatable bonds is 5. The minimum atomic E-state index is -0.629. The zero-order valence-corrected chi connectivity index (χ0v) is 19.7. The molecule has 11 nitrogen and oxygen atoms in total. The lowest BCUT2D eigenvalue weighted by molar-refractivity contribution is -0.424. The van der Waals surface area contributed by atoms with Crippen LogP contribution in [0.15, 0.2) is 17.8 Å². The summed E-state index contributed by atoms with van der Waals surface area (Å²) in [4.78, 5) is 51.2. The monoisotopic (exact) mass is 503 g/mol. The third-order valence-electron chi connectivity index (χ3n) is 7.16. The Hall–Kier alpha value is -4.27. The highest BCUT2D eigenvalue weighted by atomic mass is 16.7. The maximum absolute atomic E-state index is 13.3. The summed E-state index contributed by atoms with van der Waals surface area (Å²) in [6.07, 6.45) is 1.44. The first-order valence-electron chi connectivity index (χ1n) is 11.9. The fraction of sp³-hybridized carbons (Fsp3) is 0.346. The molecule has 3 heterocycles. The van der Waals surface area contributed by atoms with E-state index < -0.39 is 17.1 Å². The smallest absolute Gasteiger partial charge is 0.254 e. The van der Waals surface area contributed by atoms with Gasteiger partial charge in [-0.05, 0) is 18.6 Å². The molecule has 0 unspecified atom stereocenters. The molecular formula is C26H21N3O8. The van der Waals surface area contributed by atoms with Crippen LogP contribution in [0.4, 0.5) is 0 Å². The minimum absolute atomic E-state index is 0.0268. The van der Waals surface area contributed by atoms with Gasteiger partial charge in [-0.25, -0.2) is 9.59 Å². The molecule has 1 aromatic carbocycles. The van der Waals surface area contributed by atoms with Crippen molar-refractivity contribution in [3.8, 4) is 11.5 Å². The van der Waals surface area contributed by atoms with Gasteiger partial charge in [0.15, 0.2) is 23.2 Å². The van der Waals surface area contributed by atoms with E-state index in [1.54, 1.807) is 16.7 Å². The molecule has 0 aromatic heterocycles. The lowest BCUT2D eigenvalue weighted by Gasteiger charge is -2.26. The summed E-state index contributed by atoms with van der Waals surface area (Å²) < 4.78 is 18.2. The van der Waals surface area contributed by atoms with Crippen LogP contribution in [0, 0.1) is 20.7 Å². The quantitative estimate of drug-likeness (QED) is 0.350. The largest absolute Gasteiger partial charge is 0.454 e. The highest BCUT2D eigenvalue weighted by molar-refractivity contribution is 6.05. The predicted octanol–water partition coefficient (Wildman–Crippen LogP) is 0.0275. The van der Waals surface area contributed by atoms with E-state index in [1.165, 1.54) is 6.08 Å². The van der Waals surface area contributed by atoms with Crippen molar-refractivity contribution in [1.82, 2.24) is 9.47 Å². The van der Waals surface area contributed by atoms with Crippen molar-refractivity contribution in [2.75, 3.05) is 39.6 Å². The first-order valence-corrected chi connectivity index (χ1v) is 11.9. The van der Waals surface area contributed by atoms with Crippen LogP contribution in [0.5, 0.6) is 11.5 Å². The number of nitrogens with zero attached hydrogens (tertiary/aromatic N) is 3. The number of allylic oxidation sites excluding steroid dienone is 1. The highest BCUT2D eigenvalue weighted by Gasteiger charge is 2.31. The Bertz CT molecular complexity index is 1760. The van der Waals surface area contributed by atoms with Crippen molar-refractivity contribution >= 4 is 34.5 Å². The van der Waals surface area contributed by atoms with Crippen LogP contribution >= 0.6 is 0 Å². The van der Waals surface area contributed by atoms with E-state index in [1.807, 2.05) is 11.9 Å². The molecule has 188 valence electrons. The number of nitro groups is 1. The topological polar surface area (TPSA) is 130 Å². The SMILES string of the molecule is O=C=c1c2c3c(c(=C=O)n(CCCN4CCOCC4)c=2c2cc4c(cc12)OCO4)C=C([N+](=O)[O-])CC3=O. The molecule has 0 atom stereocenters. The summed E-state index contributed by atoms with van der Waals surface area (Å²) in [5.74, 6) is 4.30. The van der Waals surface area contributed by atoms with E-state index >= 15 is 0 Å². The number of morpholine rings is 1. The molecule has 11 heteroatoms. The number of carbonyl (C=O) groups excluding carboxylic acids is 3. The summed E-state index contributed by atoms with van der Waals surface area (Å²) in [6.45, 7) is 4.03. The van der Waals surface area contributed by atoms with Crippen LogP contribution in [0.1, 0.15) is 28.8 Å². The molecule has 1 saturated heterocycles. The minimum Gasteiger partial charge on any atom is -0.454 e. The van der Waals surface area contributed by atoms with Crippen molar-refractivity contribution in [2.45, 2.75) is 19.4 Å². The number of fused-ring (bicyclic) bond motifs is 5. The molecule has 2 aliphatic carbocycles. The van der Waals surface area contributed by atoms with E-state index in [-0.39, 0.29) is 34.2 Å². The second-order valence-electron chi connectivity index (χ2n) is 9.14. The Morgan fingerprint density at radius 3 is 2.43 bits per heavy atom. The fourth-order valence-corrected chi connectivity index (χ4v) is 5.50. The first kappa shape index (κ1) is 23.1. The van der Waals surface area contributed by atoms with Gasteiger partial charge >= 0.3 is 0 Å². The van der Waals surface area contributed by atoms with Gasteiger partial charge in [-0.3, -0.25) is 19.8 Å². The standard InChI is InChI=1S/C26H21N3O8/c30-12-19-16-10-22-23(37-14-36-22)11-17(16)26-25(19)24-18(8-15(29(33)34)9-21(24)32)20(13-31)28(26)3-1-2-27-4-6-35-7-5-27/h8,10-11H,1-7,9,14H2. The molecule has 1 fully saturated rings. The number of hydrogen-bond acceptors (Lipinski definition) is 9. The number of aromatic nitrogens is 1. The Balaban J connectivity index is 1.68. The summed E-state index contributed by atoms with van der Waals surface area (Å²) in [7, 11) is 0. The number of hydrogen-bond donors (Lipinski definition) is 0. The van der Waals surface area contributed by atoms with Crippen molar-refractivity contribution in [3.05, 3.63) is 60.2 Å². The van der Waals surface area contributed by atoms with Crippen molar-refractivity contribution < 1.29 is 33.5 Å². The van der Waals surface area contributed by atoms with E-state index in [0.717, 1.165) is 19.6 Å². The molecule has 0 radical (unpaired) electrons. The molecule has 1 aromatic rings. The van der Waals surface area contributed by atoms with Gasteiger partial charge in [0.1, 0.15) is 17.7 Å². The molecule has 0 amide bonds. The molecule has 3 aliphatic heterocycles. The van der Waals surface area contributed by atoms with E-state index in [9.17, 15) is 24.5 Å². The van der Waals surface area contributed by atoms with Crippen molar-refractivity contribution in [3.63, 3.8) is 0 Å². The molecular weight excluding hydrogens is 482 g/mol. The van der Waals surface area contributed by atoms with Crippen LogP contribution in [0.2, 0.25) is 0 Å². The second-order valence-corrected chi connectivity index (χ2v) is 9.14. The van der Waals surface area contributed by atoms with Gasteiger partial charge in [0.05, 0.1) is 28.7 Å². The third kappa shape index (κ3) is 3.64. The number of Topliss-reactive ketones (excluding diaryl/α,β-unsaturated/α-hetero) is 1. The predicted molar refractivity (Wildman–Crippen MR) is 128 cm³/mol. The van der Waals surface area contributed by atoms with E-state index in [0.29, 0.717) is 59.0 Å². The van der Waals surface area contributed by atoms with Gasteiger partial charge in [-0.15, -0.1) is 0 Å². The van der Waals surface area contributed by atoms with Crippen LogP contribution in [-0.2, 0) is 20.9 Å². The molecule has 0 spiro atoms. The Labute approximate surface area is 208 Å². The van der Waals surface area contributed by atoms with Gasteiger partial charge in [-0.2, -0.15) is 0 Å². The van der Waals surface area contributed by atoms with Crippen molar-refractivity contribution in [1.29, 1.82) is 0 Å². The van der Waals surface area contributed by atoms with Crippen LogP contribution < -0.4 is 20.0 Å². The second kappa shape index (κ2) is 8.99. The van der Waals surface area contributed by atoms with E-state index in [2.05, 4.69) is 4.90 Å². The number of ketones is 1. The van der Waals surface area contributed by atoms with Crippen LogP contribution in [0.25, 0.3) is 16.8 Å². The summed E-state index contributed by atoms with van der Waals surface area (Å²) in [5.41, 5.74) is -0.120. The molecule has 6 rings (SSSR count). The van der Waals surface area contributed by atoms with Crippen LogP contribution in [-0.4, -0.2) is 71.7 Å². The summed E-state index contributed by atoms with van der Waals surface area (Å²) in [6, 6.07) is 3.39. The zero-order chi connectivity index (χ0) is 25.7. The molecule has 0 N–H and O–H groups in total. The molecule has 0 saturated carbocycles. The molecule has 37 heavy (non-hydrogen) atoms. The molecule has 0 bridgehead atoms. The van der Waals surface area contributed by atoms with Gasteiger partial charge in [0.25, 0.3) is 5.70 Å². The Kier molecular flexibility index (Phi) is 5.62. The van der Waals surface area contributed by atoms with Gasteiger partial charge in [0.2, 0.25) is 6.79 Å². The lowest BCUT2D eigenvalue weighted by atomic mass is 9.92. The van der Waals surface area contributed by atoms with Gasteiger partial charge < -0.3 is 18.8 Å². The maximum atomic E-state index is 13.3. The normalized spacial score (nSPS) is 17.0. The van der Waals surface area contributed by atoms with Crippen LogP contribution in [0.3, 0.4) is 0 Å². The summed E-state index contributed by atoms with van der Waals surface area (Å²) >= 11 is 0. The van der Waals surface area contributed by atoms with Gasteiger partial charge in [0, 0.05) is 59.4 Å². The van der Waals surface area contributed by atoms with Crippen molar-refractivity contribution in [2.24, 2.45) is 0 Å². The van der Waals surface area contributed by atoms with E-state index in [4.69, 9.17) is 14.2 Å². The third-order valence-corrected chi connectivity index (χ3v) is 7.16. The highest BCUT2D eigenvalue weighted by Crippen LogP contribution is 2.36. The first-order chi connectivity index (χ1) is 18.0.